The highest BCUT2D eigenvalue weighted by molar-refractivity contribution is 6.14. The van der Waals surface area contributed by atoms with Gasteiger partial charge in [-0.25, -0.2) is 4.98 Å². The second kappa shape index (κ2) is 10.5. The van der Waals surface area contributed by atoms with Crippen LogP contribution in [-0.4, -0.2) is 24.1 Å². The predicted octanol–water partition coefficient (Wildman–Crippen LogP) is 10.6. The van der Waals surface area contributed by atoms with Crippen LogP contribution in [0.25, 0.3) is 88.8 Å². The molecule has 7 aromatic carbocycles. The summed E-state index contributed by atoms with van der Waals surface area (Å²) in [5.74, 6) is 1.85. The molecule has 0 aliphatic heterocycles. The number of nitrogens with zero attached hydrogens (tertiary/aromatic N) is 5. The molecule has 5 heteroatoms. The highest BCUT2D eigenvalue weighted by Gasteiger charge is 2.20. The average molecular weight is 614 g/mol. The summed E-state index contributed by atoms with van der Waals surface area (Å²) < 4.78 is 4.58. The van der Waals surface area contributed by atoms with E-state index in [4.69, 9.17) is 15.0 Å². The van der Waals surface area contributed by atoms with Gasteiger partial charge in [-0.3, -0.25) is 4.57 Å². The third-order valence-corrected chi connectivity index (χ3v) is 9.34. The topological polar surface area (TPSA) is 48.5 Å². The van der Waals surface area contributed by atoms with Crippen LogP contribution < -0.4 is 0 Å². The lowest BCUT2D eigenvalue weighted by atomic mass is 10.1. The van der Waals surface area contributed by atoms with Gasteiger partial charge in [0.25, 0.3) is 0 Å². The Balaban J connectivity index is 1.32. The van der Waals surface area contributed by atoms with Crippen molar-refractivity contribution in [3.63, 3.8) is 0 Å². The van der Waals surface area contributed by atoms with Gasteiger partial charge in [-0.2, -0.15) is 9.97 Å². The summed E-state index contributed by atoms with van der Waals surface area (Å²) in [4.78, 5) is 15.3. The molecular formula is C43H27N5. The average Bonchev–Trinajstić information content (AvgIpc) is 3.66. The molecule has 10 rings (SSSR count). The largest absolute Gasteiger partial charge is 0.309 e. The Hall–Kier alpha value is -6.59. The van der Waals surface area contributed by atoms with Crippen molar-refractivity contribution in [3.8, 4) is 34.4 Å². The van der Waals surface area contributed by atoms with Gasteiger partial charge >= 0.3 is 0 Å². The molecule has 3 heterocycles. The molecule has 0 saturated carbocycles. The molecule has 48 heavy (non-hydrogen) atoms. The lowest BCUT2D eigenvalue weighted by Gasteiger charge is -2.12. The lowest BCUT2D eigenvalue weighted by Crippen LogP contribution is -2.06. The first-order valence-corrected chi connectivity index (χ1v) is 16.1. The van der Waals surface area contributed by atoms with E-state index in [1.165, 1.54) is 27.2 Å². The van der Waals surface area contributed by atoms with Gasteiger partial charge < -0.3 is 4.57 Å². The van der Waals surface area contributed by atoms with E-state index in [0.717, 1.165) is 44.0 Å². The van der Waals surface area contributed by atoms with Gasteiger partial charge in [-0.15, -0.1) is 0 Å². The summed E-state index contributed by atoms with van der Waals surface area (Å²) in [6.45, 7) is 0. The minimum atomic E-state index is 0.581. The summed E-state index contributed by atoms with van der Waals surface area (Å²) in [6.07, 6.45) is 0. The number of rotatable bonds is 4. The van der Waals surface area contributed by atoms with Gasteiger partial charge in [-0.05, 0) is 47.2 Å². The van der Waals surface area contributed by atoms with Crippen molar-refractivity contribution in [1.29, 1.82) is 0 Å². The molecule has 3 aromatic heterocycles. The van der Waals surface area contributed by atoms with Crippen molar-refractivity contribution in [2.24, 2.45) is 0 Å². The van der Waals surface area contributed by atoms with E-state index in [1.807, 2.05) is 60.7 Å². The minimum absolute atomic E-state index is 0.581. The zero-order valence-electron chi connectivity index (χ0n) is 25.8. The van der Waals surface area contributed by atoms with E-state index in [0.29, 0.717) is 17.6 Å². The Morgan fingerprint density at radius 2 is 0.833 bits per heavy atom. The van der Waals surface area contributed by atoms with Crippen LogP contribution in [-0.2, 0) is 0 Å². The summed E-state index contributed by atoms with van der Waals surface area (Å²) in [7, 11) is 0. The minimum Gasteiger partial charge on any atom is -0.309 e. The molecule has 0 radical (unpaired) electrons. The smallest absolute Gasteiger partial charge is 0.238 e. The van der Waals surface area contributed by atoms with Crippen LogP contribution in [0, 0.1) is 0 Å². The zero-order valence-corrected chi connectivity index (χ0v) is 25.8. The monoisotopic (exact) mass is 613 g/mol. The van der Waals surface area contributed by atoms with Crippen molar-refractivity contribution >= 4 is 54.4 Å². The maximum absolute atomic E-state index is 5.18. The van der Waals surface area contributed by atoms with E-state index in [-0.39, 0.29) is 0 Å². The molecule has 0 aliphatic rings. The number of hydrogen-bond acceptors (Lipinski definition) is 3. The molecule has 0 N–H and O–H groups in total. The van der Waals surface area contributed by atoms with Gasteiger partial charge in [0.15, 0.2) is 11.6 Å². The SMILES string of the molecule is c1ccc(-c2nc(-c3ccccc3)nc(-n3c4cc(-n5c6ccccc6c6ccccc65)ccc4c4cc5ccccc5cc43)n2)cc1. The van der Waals surface area contributed by atoms with E-state index >= 15 is 0 Å². The van der Waals surface area contributed by atoms with Crippen LogP contribution in [0.15, 0.2) is 164 Å². The molecule has 5 nitrogen and oxygen atoms in total. The predicted molar refractivity (Wildman–Crippen MR) is 197 cm³/mol. The van der Waals surface area contributed by atoms with Crippen molar-refractivity contribution in [2.75, 3.05) is 0 Å². The highest BCUT2D eigenvalue weighted by Crippen LogP contribution is 2.38. The maximum Gasteiger partial charge on any atom is 0.238 e. The van der Waals surface area contributed by atoms with E-state index < -0.39 is 0 Å². The fraction of sp³-hybridized carbons (Fsp3) is 0. The van der Waals surface area contributed by atoms with Crippen LogP contribution in [0.4, 0.5) is 0 Å². The van der Waals surface area contributed by atoms with Gasteiger partial charge in [0.05, 0.1) is 22.1 Å². The van der Waals surface area contributed by atoms with Gasteiger partial charge in [0.1, 0.15) is 0 Å². The van der Waals surface area contributed by atoms with Gasteiger partial charge in [-0.1, -0.05) is 127 Å². The van der Waals surface area contributed by atoms with Crippen LogP contribution in [0.2, 0.25) is 0 Å². The standard InChI is InChI=1S/C43H27N5/c1-3-13-28(14-4-1)41-44-42(29-15-5-2-6-16-29)46-43(45-41)48-39-26-31-18-8-7-17-30(31)25-36(39)35-24-23-32(27-40(35)48)47-37-21-11-9-19-33(37)34-20-10-12-22-38(34)47/h1-27H. The summed E-state index contributed by atoms with van der Waals surface area (Å²) in [6, 6.07) is 57.4. The maximum atomic E-state index is 5.18. The van der Waals surface area contributed by atoms with Gasteiger partial charge in [0.2, 0.25) is 5.95 Å². The molecule has 0 spiro atoms. The molecule has 224 valence electrons. The van der Waals surface area contributed by atoms with Crippen molar-refractivity contribution in [2.45, 2.75) is 0 Å². The first-order chi connectivity index (χ1) is 23.8. The lowest BCUT2D eigenvalue weighted by molar-refractivity contribution is 0.953. The molecule has 0 bridgehead atoms. The van der Waals surface area contributed by atoms with Crippen LogP contribution in [0.3, 0.4) is 0 Å². The van der Waals surface area contributed by atoms with Crippen LogP contribution in [0.1, 0.15) is 0 Å². The normalized spacial score (nSPS) is 11.8. The number of aromatic nitrogens is 5. The first kappa shape index (κ1) is 26.6. The van der Waals surface area contributed by atoms with Crippen molar-refractivity contribution < 1.29 is 0 Å². The molecule has 10 aromatic rings. The van der Waals surface area contributed by atoms with E-state index in [2.05, 4.69) is 112 Å². The fourth-order valence-electron chi connectivity index (χ4n) is 7.14. The second-order valence-electron chi connectivity index (χ2n) is 12.1. The summed E-state index contributed by atoms with van der Waals surface area (Å²) in [5, 5.41) is 7.12. The van der Waals surface area contributed by atoms with Crippen molar-refractivity contribution in [3.05, 3.63) is 164 Å². The van der Waals surface area contributed by atoms with Crippen LogP contribution >= 0.6 is 0 Å². The van der Waals surface area contributed by atoms with Gasteiger partial charge in [0, 0.05) is 38.4 Å². The van der Waals surface area contributed by atoms with Crippen molar-refractivity contribution in [1.82, 2.24) is 24.1 Å². The number of benzene rings is 7. The summed E-state index contributed by atoms with van der Waals surface area (Å²) >= 11 is 0. The van der Waals surface area contributed by atoms with Crippen LogP contribution in [0.5, 0.6) is 0 Å². The molecule has 0 unspecified atom stereocenters. The Labute approximate surface area is 276 Å². The molecule has 0 atom stereocenters. The molecule has 0 aliphatic carbocycles. The fourth-order valence-corrected chi connectivity index (χ4v) is 7.14. The van der Waals surface area contributed by atoms with E-state index in [1.54, 1.807) is 0 Å². The summed E-state index contributed by atoms with van der Waals surface area (Å²) in [5.41, 5.74) is 7.38. The first-order valence-electron chi connectivity index (χ1n) is 16.1. The third-order valence-electron chi connectivity index (χ3n) is 9.34. The second-order valence-corrected chi connectivity index (χ2v) is 12.1. The Morgan fingerprint density at radius 3 is 1.46 bits per heavy atom. The quantitative estimate of drug-likeness (QED) is 0.198. The molecular weight excluding hydrogens is 587 g/mol. The van der Waals surface area contributed by atoms with E-state index in [9.17, 15) is 0 Å². The number of fused-ring (bicyclic) bond motifs is 7. The Morgan fingerprint density at radius 1 is 0.333 bits per heavy atom. The zero-order chi connectivity index (χ0) is 31.6. The third kappa shape index (κ3) is 4.08. The molecule has 0 amide bonds. The number of hydrogen-bond donors (Lipinski definition) is 0. The Bertz CT molecular complexity index is 2720. The number of para-hydroxylation sites is 2. The molecule has 0 fully saturated rings. The Kier molecular flexibility index (Phi) is 5.81. The molecule has 0 saturated heterocycles. The highest BCUT2D eigenvalue weighted by atomic mass is 15.2.